The lowest BCUT2D eigenvalue weighted by Gasteiger charge is -2.19. The molecule has 0 aliphatic rings. The first-order chi connectivity index (χ1) is 7.08. The molecular formula is C12H23N3. The normalized spacial score (nSPS) is 15.3. The van der Waals surface area contributed by atoms with Gasteiger partial charge in [0.15, 0.2) is 0 Å². The van der Waals surface area contributed by atoms with Crippen LogP contribution in [0.1, 0.15) is 32.2 Å². The van der Waals surface area contributed by atoms with Crippen LogP contribution in [0.2, 0.25) is 0 Å². The van der Waals surface area contributed by atoms with Crippen molar-refractivity contribution in [1.82, 2.24) is 15.1 Å². The molecule has 3 heteroatoms. The lowest BCUT2D eigenvalue weighted by molar-refractivity contribution is 0.411. The molecule has 1 rings (SSSR count). The van der Waals surface area contributed by atoms with Gasteiger partial charge in [0.05, 0.1) is 5.69 Å². The molecular weight excluding hydrogens is 186 g/mol. The van der Waals surface area contributed by atoms with Crippen molar-refractivity contribution in [3.63, 3.8) is 0 Å². The number of hydrogen-bond acceptors (Lipinski definition) is 2. The summed E-state index contributed by atoms with van der Waals surface area (Å²) in [5.74, 6) is 0.636. The van der Waals surface area contributed by atoms with Crippen LogP contribution in [0.25, 0.3) is 0 Å². The van der Waals surface area contributed by atoms with E-state index >= 15 is 0 Å². The maximum Gasteiger partial charge on any atom is 0.0596 e. The fourth-order valence-electron chi connectivity index (χ4n) is 1.83. The van der Waals surface area contributed by atoms with Crippen molar-refractivity contribution in [2.24, 2.45) is 5.92 Å². The number of rotatable bonds is 5. The van der Waals surface area contributed by atoms with Gasteiger partial charge in [0.1, 0.15) is 0 Å². The number of aromatic nitrogens is 2. The van der Waals surface area contributed by atoms with Crippen LogP contribution >= 0.6 is 0 Å². The molecule has 0 aromatic carbocycles. The Labute approximate surface area is 92.9 Å². The fourth-order valence-corrected chi connectivity index (χ4v) is 1.83. The monoisotopic (exact) mass is 209 g/mol. The summed E-state index contributed by atoms with van der Waals surface area (Å²) in [6.45, 7) is 9.67. The second kappa shape index (κ2) is 5.31. The highest BCUT2D eigenvalue weighted by Gasteiger charge is 2.13. The first-order valence-electron chi connectivity index (χ1n) is 5.79. The molecule has 15 heavy (non-hydrogen) atoms. The van der Waals surface area contributed by atoms with E-state index in [1.807, 2.05) is 7.05 Å². The van der Waals surface area contributed by atoms with Gasteiger partial charge in [-0.2, -0.15) is 5.10 Å². The summed E-state index contributed by atoms with van der Waals surface area (Å²) >= 11 is 0. The van der Waals surface area contributed by atoms with Crippen molar-refractivity contribution in [2.45, 2.75) is 46.7 Å². The van der Waals surface area contributed by atoms with Crippen molar-refractivity contribution < 1.29 is 0 Å². The van der Waals surface area contributed by atoms with Gasteiger partial charge in [-0.3, -0.25) is 4.68 Å². The van der Waals surface area contributed by atoms with Gasteiger partial charge in [0.25, 0.3) is 0 Å². The third kappa shape index (κ3) is 3.06. The molecule has 1 N–H and O–H groups in total. The Kier molecular flexibility index (Phi) is 4.33. The summed E-state index contributed by atoms with van der Waals surface area (Å²) in [7, 11) is 2.02. The zero-order valence-corrected chi connectivity index (χ0v) is 10.5. The van der Waals surface area contributed by atoms with E-state index in [9.17, 15) is 0 Å². The first kappa shape index (κ1) is 12.2. The Hall–Kier alpha value is -0.830. The zero-order chi connectivity index (χ0) is 11.4. The summed E-state index contributed by atoms with van der Waals surface area (Å²) < 4.78 is 2.11. The number of aryl methyl sites for hydroxylation is 2. The van der Waals surface area contributed by atoms with Gasteiger partial charge < -0.3 is 5.32 Å². The Bertz CT molecular complexity index is 304. The summed E-state index contributed by atoms with van der Waals surface area (Å²) in [5, 5.41) is 7.76. The van der Waals surface area contributed by atoms with Crippen molar-refractivity contribution in [3.8, 4) is 0 Å². The summed E-state index contributed by atoms with van der Waals surface area (Å²) in [4.78, 5) is 0. The third-order valence-electron chi connectivity index (χ3n) is 3.13. The van der Waals surface area contributed by atoms with Crippen LogP contribution in [0.4, 0.5) is 0 Å². The highest BCUT2D eigenvalue weighted by molar-refractivity contribution is 5.09. The Morgan fingerprint density at radius 3 is 2.67 bits per heavy atom. The summed E-state index contributed by atoms with van der Waals surface area (Å²) in [5.41, 5.74) is 2.47. The molecule has 0 saturated heterocycles. The molecule has 0 aliphatic carbocycles. The second-order valence-corrected chi connectivity index (χ2v) is 4.35. The number of hydrogen-bond donors (Lipinski definition) is 1. The molecule has 3 nitrogen and oxygen atoms in total. The van der Waals surface area contributed by atoms with Gasteiger partial charge in [-0.25, -0.2) is 0 Å². The molecule has 0 fully saturated rings. The van der Waals surface area contributed by atoms with E-state index in [0.29, 0.717) is 12.0 Å². The molecule has 2 atom stereocenters. The summed E-state index contributed by atoms with van der Waals surface area (Å²) in [6, 6.07) is 2.74. The van der Waals surface area contributed by atoms with Crippen LogP contribution in [0.5, 0.6) is 0 Å². The molecule has 86 valence electrons. The molecule has 0 radical (unpaired) electrons. The van der Waals surface area contributed by atoms with Crippen LogP contribution in [-0.4, -0.2) is 22.9 Å². The topological polar surface area (TPSA) is 29.9 Å². The minimum absolute atomic E-state index is 0.547. The third-order valence-corrected chi connectivity index (χ3v) is 3.13. The van der Waals surface area contributed by atoms with E-state index in [0.717, 1.165) is 18.7 Å². The molecule has 0 bridgehead atoms. The van der Waals surface area contributed by atoms with E-state index in [1.54, 1.807) is 0 Å². The highest BCUT2D eigenvalue weighted by Crippen LogP contribution is 2.13. The van der Waals surface area contributed by atoms with E-state index in [1.165, 1.54) is 5.69 Å². The lowest BCUT2D eigenvalue weighted by Crippen LogP contribution is -2.30. The number of nitrogens with zero attached hydrogens (tertiary/aromatic N) is 2. The van der Waals surface area contributed by atoms with Crippen LogP contribution < -0.4 is 5.32 Å². The molecule has 0 amide bonds. The van der Waals surface area contributed by atoms with E-state index in [-0.39, 0.29) is 0 Å². The fraction of sp³-hybridized carbons (Fsp3) is 0.750. The lowest BCUT2D eigenvalue weighted by atomic mass is 9.98. The molecule has 0 saturated carbocycles. The molecule has 2 unspecified atom stereocenters. The zero-order valence-electron chi connectivity index (χ0n) is 10.5. The molecule has 0 spiro atoms. The first-order valence-corrected chi connectivity index (χ1v) is 5.79. The van der Waals surface area contributed by atoms with Crippen LogP contribution in [0.3, 0.4) is 0 Å². The molecule has 1 heterocycles. The van der Waals surface area contributed by atoms with E-state index < -0.39 is 0 Å². The van der Waals surface area contributed by atoms with Crippen molar-refractivity contribution in [1.29, 1.82) is 0 Å². The minimum Gasteiger partial charge on any atom is -0.317 e. The SMILES string of the molecule is CCn1nc(C)cc1CC(C)C(C)NC. The largest absolute Gasteiger partial charge is 0.317 e. The summed E-state index contributed by atoms with van der Waals surface area (Å²) in [6.07, 6.45) is 1.09. The average Bonchev–Trinajstić information content (AvgIpc) is 2.57. The van der Waals surface area contributed by atoms with Gasteiger partial charge in [-0.05, 0) is 46.2 Å². The smallest absolute Gasteiger partial charge is 0.0596 e. The maximum atomic E-state index is 4.46. The Balaban J connectivity index is 2.70. The van der Waals surface area contributed by atoms with Crippen molar-refractivity contribution >= 4 is 0 Å². The van der Waals surface area contributed by atoms with Gasteiger partial charge in [-0.15, -0.1) is 0 Å². The predicted octanol–water partition coefficient (Wildman–Crippen LogP) is 2.00. The van der Waals surface area contributed by atoms with E-state index in [2.05, 4.69) is 48.9 Å². The Morgan fingerprint density at radius 1 is 1.47 bits per heavy atom. The van der Waals surface area contributed by atoms with Crippen LogP contribution in [-0.2, 0) is 13.0 Å². The van der Waals surface area contributed by atoms with E-state index in [4.69, 9.17) is 0 Å². The van der Waals surface area contributed by atoms with Crippen molar-refractivity contribution in [2.75, 3.05) is 7.05 Å². The standard InChI is InChI=1S/C12H23N3/c1-6-15-12(8-10(3)14-15)7-9(2)11(4)13-5/h8-9,11,13H,6-7H2,1-5H3. The Morgan fingerprint density at radius 2 is 2.13 bits per heavy atom. The van der Waals surface area contributed by atoms with Gasteiger partial charge >= 0.3 is 0 Å². The van der Waals surface area contributed by atoms with Gasteiger partial charge in [0, 0.05) is 18.3 Å². The maximum absolute atomic E-state index is 4.46. The quantitative estimate of drug-likeness (QED) is 0.804. The molecule has 1 aromatic heterocycles. The highest BCUT2D eigenvalue weighted by atomic mass is 15.3. The minimum atomic E-state index is 0.547. The average molecular weight is 209 g/mol. The molecule has 1 aromatic rings. The van der Waals surface area contributed by atoms with Crippen LogP contribution in [0.15, 0.2) is 6.07 Å². The van der Waals surface area contributed by atoms with Crippen LogP contribution in [0, 0.1) is 12.8 Å². The second-order valence-electron chi connectivity index (χ2n) is 4.35. The van der Waals surface area contributed by atoms with Gasteiger partial charge in [-0.1, -0.05) is 6.92 Å². The van der Waals surface area contributed by atoms with Gasteiger partial charge in [0.2, 0.25) is 0 Å². The number of nitrogens with one attached hydrogen (secondary N) is 1. The van der Waals surface area contributed by atoms with Crippen molar-refractivity contribution in [3.05, 3.63) is 17.5 Å². The predicted molar refractivity (Wildman–Crippen MR) is 64.0 cm³/mol. The molecule has 0 aliphatic heterocycles.